The van der Waals surface area contributed by atoms with Crippen LogP contribution >= 0.6 is 11.3 Å². The summed E-state index contributed by atoms with van der Waals surface area (Å²) in [5, 5.41) is 6.22. The Labute approximate surface area is 150 Å². The van der Waals surface area contributed by atoms with Crippen molar-refractivity contribution in [3.63, 3.8) is 0 Å². The molecule has 26 heavy (non-hydrogen) atoms. The molecule has 0 radical (unpaired) electrons. The Bertz CT molecular complexity index is 933. The van der Waals surface area contributed by atoms with Crippen LogP contribution in [0.3, 0.4) is 0 Å². The van der Waals surface area contributed by atoms with E-state index in [1.54, 1.807) is 29.6 Å². The van der Waals surface area contributed by atoms with Crippen LogP contribution in [0.2, 0.25) is 0 Å². The lowest BCUT2D eigenvalue weighted by Crippen LogP contribution is -2.08. The van der Waals surface area contributed by atoms with Gasteiger partial charge in [0.15, 0.2) is 0 Å². The highest BCUT2D eigenvalue weighted by Crippen LogP contribution is 2.34. The van der Waals surface area contributed by atoms with E-state index in [0.717, 1.165) is 17.7 Å². The highest BCUT2D eigenvalue weighted by atomic mass is 32.1. The van der Waals surface area contributed by atoms with E-state index in [9.17, 15) is 17.6 Å². The number of thiazole rings is 1. The maximum Gasteiger partial charge on any atom is 0.419 e. The number of anilines is 2. The SMILES string of the molecule is Nc1csc(NN=Cc2ccc(-c3ccc(F)c(C(F)(F)F)c3)cc2)n1. The van der Waals surface area contributed by atoms with Crippen molar-refractivity contribution < 1.29 is 17.6 Å². The van der Waals surface area contributed by atoms with Crippen molar-refractivity contribution in [2.24, 2.45) is 5.10 Å². The van der Waals surface area contributed by atoms with Gasteiger partial charge in [-0.05, 0) is 28.8 Å². The second kappa shape index (κ2) is 7.12. The molecule has 0 bridgehead atoms. The highest BCUT2D eigenvalue weighted by Gasteiger charge is 2.34. The first-order valence-electron chi connectivity index (χ1n) is 7.30. The Hall–Kier alpha value is -2.94. The number of nitrogen functional groups attached to an aromatic ring is 1. The summed E-state index contributed by atoms with van der Waals surface area (Å²) in [6.45, 7) is 0. The van der Waals surface area contributed by atoms with Gasteiger partial charge in [0.05, 0.1) is 11.8 Å². The van der Waals surface area contributed by atoms with Crippen molar-refractivity contribution in [1.29, 1.82) is 0 Å². The van der Waals surface area contributed by atoms with Crippen LogP contribution in [0.15, 0.2) is 52.9 Å². The standard InChI is InChI=1S/C17H12F4N4S/c18-14-6-5-12(7-13(14)17(19,20)21)11-3-1-10(2-4-11)8-23-25-16-24-15(22)9-26-16/h1-9H,22H2,(H,24,25). The Morgan fingerprint density at radius 3 is 2.38 bits per heavy atom. The van der Waals surface area contributed by atoms with E-state index in [1.807, 2.05) is 0 Å². The molecular formula is C17H12F4N4S. The molecule has 3 aromatic rings. The average Bonchev–Trinajstić information content (AvgIpc) is 3.00. The Morgan fingerprint density at radius 1 is 1.08 bits per heavy atom. The van der Waals surface area contributed by atoms with Crippen LogP contribution in [0.5, 0.6) is 0 Å². The number of hydrogen-bond donors (Lipinski definition) is 2. The fraction of sp³-hybridized carbons (Fsp3) is 0.0588. The van der Waals surface area contributed by atoms with Gasteiger partial charge < -0.3 is 5.73 Å². The minimum Gasteiger partial charge on any atom is -0.383 e. The summed E-state index contributed by atoms with van der Waals surface area (Å²) >= 11 is 1.31. The van der Waals surface area contributed by atoms with Crippen LogP contribution in [0.4, 0.5) is 28.5 Å². The second-order valence-electron chi connectivity index (χ2n) is 5.26. The van der Waals surface area contributed by atoms with Crippen molar-refractivity contribution in [1.82, 2.24) is 4.98 Å². The van der Waals surface area contributed by atoms with Crippen LogP contribution in [0, 0.1) is 5.82 Å². The monoisotopic (exact) mass is 380 g/mol. The Kier molecular flexibility index (Phi) is 4.90. The van der Waals surface area contributed by atoms with Crippen LogP contribution in [-0.4, -0.2) is 11.2 Å². The first-order chi connectivity index (χ1) is 12.3. The van der Waals surface area contributed by atoms with Gasteiger partial charge in [-0.3, -0.25) is 5.43 Å². The number of rotatable bonds is 4. The van der Waals surface area contributed by atoms with Crippen molar-refractivity contribution in [2.75, 3.05) is 11.2 Å². The summed E-state index contributed by atoms with van der Waals surface area (Å²) in [6.07, 6.45) is -3.20. The van der Waals surface area contributed by atoms with Gasteiger partial charge in [0.1, 0.15) is 11.6 Å². The van der Waals surface area contributed by atoms with E-state index in [-0.39, 0.29) is 5.56 Å². The van der Waals surface area contributed by atoms with E-state index in [0.29, 0.717) is 16.5 Å². The molecule has 0 unspecified atom stereocenters. The fourth-order valence-corrected chi connectivity index (χ4v) is 2.73. The second-order valence-corrected chi connectivity index (χ2v) is 6.12. The van der Waals surface area contributed by atoms with E-state index >= 15 is 0 Å². The van der Waals surface area contributed by atoms with Crippen LogP contribution in [0.1, 0.15) is 11.1 Å². The topological polar surface area (TPSA) is 63.3 Å². The molecule has 0 fully saturated rings. The summed E-state index contributed by atoms with van der Waals surface area (Å²) < 4.78 is 51.8. The summed E-state index contributed by atoms with van der Waals surface area (Å²) in [5.74, 6) is -0.895. The molecule has 2 aromatic carbocycles. The van der Waals surface area contributed by atoms with Crippen molar-refractivity contribution in [3.05, 3.63) is 64.8 Å². The lowest BCUT2D eigenvalue weighted by Gasteiger charge is -2.10. The molecule has 0 aliphatic carbocycles. The zero-order valence-electron chi connectivity index (χ0n) is 13.1. The number of nitrogens with one attached hydrogen (secondary N) is 1. The van der Waals surface area contributed by atoms with Gasteiger partial charge in [0, 0.05) is 5.38 Å². The summed E-state index contributed by atoms with van der Waals surface area (Å²) in [7, 11) is 0. The lowest BCUT2D eigenvalue weighted by molar-refractivity contribution is -0.139. The van der Waals surface area contributed by atoms with E-state index in [1.165, 1.54) is 23.6 Å². The van der Waals surface area contributed by atoms with Gasteiger partial charge in [-0.15, -0.1) is 11.3 Å². The van der Waals surface area contributed by atoms with E-state index in [4.69, 9.17) is 5.73 Å². The number of aromatic nitrogens is 1. The predicted molar refractivity (Wildman–Crippen MR) is 94.6 cm³/mol. The maximum atomic E-state index is 13.4. The molecule has 1 aromatic heterocycles. The molecule has 0 aliphatic heterocycles. The number of halogens is 4. The molecular weight excluding hydrogens is 368 g/mol. The number of benzene rings is 2. The zero-order chi connectivity index (χ0) is 18.7. The third-order valence-corrected chi connectivity index (χ3v) is 4.18. The largest absolute Gasteiger partial charge is 0.419 e. The third kappa shape index (κ3) is 4.17. The number of nitrogens with zero attached hydrogens (tertiary/aromatic N) is 2. The molecule has 3 rings (SSSR count). The quantitative estimate of drug-likeness (QED) is 0.381. The third-order valence-electron chi connectivity index (χ3n) is 3.41. The van der Waals surface area contributed by atoms with E-state index in [2.05, 4.69) is 15.5 Å². The van der Waals surface area contributed by atoms with Gasteiger partial charge in [-0.1, -0.05) is 30.3 Å². The molecule has 0 amide bonds. The van der Waals surface area contributed by atoms with Gasteiger partial charge >= 0.3 is 6.18 Å². The molecule has 134 valence electrons. The minimum atomic E-state index is -4.74. The molecule has 0 spiro atoms. The predicted octanol–water partition coefficient (Wildman–Crippen LogP) is 5.00. The van der Waals surface area contributed by atoms with E-state index < -0.39 is 17.6 Å². The molecule has 0 saturated carbocycles. The van der Waals surface area contributed by atoms with Gasteiger partial charge in [-0.25, -0.2) is 9.37 Å². The molecule has 9 heteroatoms. The van der Waals surface area contributed by atoms with Crippen LogP contribution < -0.4 is 11.2 Å². The van der Waals surface area contributed by atoms with Crippen molar-refractivity contribution in [2.45, 2.75) is 6.18 Å². The Balaban J connectivity index is 1.75. The summed E-state index contributed by atoms with van der Waals surface area (Å²) in [6, 6.07) is 9.57. The first-order valence-corrected chi connectivity index (χ1v) is 8.18. The van der Waals surface area contributed by atoms with Crippen LogP contribution in [0.25, 0.3) is 11.1 Å². The number of nitrogens with two attached hydrogens (primary N) is 1. The molecule has 0 aliphatic rings. The highest BCUT2D eigenvalue weighted by molar-refractivity contribution is 7.14. The van der Waals surface area contributed by atoms with Gasteiger partial charge in [-0.2, -0.15) is 18.3 Å². The normalized spacial score (nSPS) is 11.8. The average molecular weight is 380 g/mol. The molecule has 0 saturated heterocycles. The maximum absolute atomic E-state index is 13.4. The molecule has 4 nitrogen and oxygen atoms in total. The zero-order valence-corrected chi connectivity index (χ0v) is 13.9. The van der Waals surface area contributed by atoms with Crippen molar-refractivity contribution >= 4 is 28.5 Å². The number of alkyl halides is 3. The number of hydrazone groups is 1. The summed E-state index contributed by atoms with van der Waals surface area (Å²) in [5.41, 5.74) is 8.47. The van der Waals surface area contributed by atoms with Crippen molar-refractivity contribution in [3.8, 4) is 11.1 Å². The Morgan fingerprint density at radius 2 is 1.77 bits per heavy atom. The van der Waals surface area contributed by atoms with Crippen LogP contribution in [-0.2, 0) is 6.18 Å². The molecule has 1 heterocycles. The smallest absolute Gasteiger partial charge is 0.383 e. The molecule has 0 atom stereocenters. The first kappa shape index (κ1) is 17.9. The fourth-order valence-electron chi connectivity index (χ4n) is 2.18. The number of hydrogen-bond acceptors (Lipinski definition) is 5. The lowest BCUT2D eigenvalue weighted by atomic mass is 10.0. The molecule has 3 N–H and O–H groups in total. The minimum absolute atomic E-state index is 0.276. The van der Waals surface area contributed by atoms with Gasteiger partial charge in [0.2, 0.25) is 5.13 Å². The van der Waals surface area contributed by atoms with Gasteiger partial charge in [0.25, 0.3) is 0 Å². The summed E-state index contributed by atoms with van der Waals surface area (Å²) in [4.78, 5) is 3.98.